The lowest BCUT2D eigenvalue weighted by Gasteiger charge is -2.04. The van der Waals surface area contributed by atoms with Crippen molar-refractivity contribution in [1.82, 2.24) is 0 Å². The van der Waals surface area contributed by atoms with Crippen LogP contribution in [0.4, 0.5) is 0 Å². The molecule has 0 aliphatic heterocycles. The lowest BCUT2D eigenvalue weighted by molar-refractivity contribution is -0.139. The van der Waals surface area contributed by atoms with E-state index >= 15 is 0 Å². The van der Waals surface area contributed by atoms with Crippen LogP contribution in [-0.2, 0) is 23.9 Å². The van der Waals surface area contributed by atoms with Crippen molar-refractivity contribution in [2.45, 2.75) is 6.42 Å². The topological polar surface area (TPSA) is 122 Å². The molecule has 0 atom stereocenters. The van der Waals surface area contributed by atoms with Gasteiger partial charge < -0.3 is 9.84 Å². The zero-order valence-electron chi connectivity index (χ0n) is 9.29. The predicted molar refractivity (Wildman–Crippen MR) is 57.3 cm³/mol. The lowest BCUT2D eigenvalue weighted by atomic mass is 10.2. The molecule has 0 aromatic carbocycles. The van der Waals surface area contributed by atoms with Gasteiger partial charge in [0.2, 0.25) is 12.2 Å². The Kier molecular flexibility index (Phi) is 8.28. The summed E-state index contributed by atoms with van der Waals surface area (Å²) in [5, 5.41) is 8.54. The highest BCUT2D eigenvalue weighted by molar-refractivity contribution is 5.95. The van der Waals surface area contributed by atoms with Gasteiger partial charge in [-0.1, -0.05) is 0 Å². The van der Waals surface area contributed by atoms with Gasteiger partial charge in [-0.3, -0.25) is 0 Å². The second-order valence-corrected chi connectivity index (χ2v) is 2.84. The van der Waals surface area contributed by atoms with Crippen LogP contribution in [0.25, 0.3) is 0 Å². The summed E-state index contributed by atoms with van der Waals surface area (Å²) in [6, 6.07) is 0. The molecule has 0 rings (SSSR count). The van der Waals surface area contributed by atoms with E-state index in [1.165, 1.54) is 12.2 Å². The lowest BCUT2D eigenvalue weighted by Crippen LogP contribution is -2.13. The normalized spacial score (nSPS) is 9.89. The van der Waals surface area contributed by atoms with Crippen LogP contribution in [0.3, 0.4) is 0 Å². The fraction of sp³-hybridized carbons (Fsp3) is 0.400. The van der Waals surface area contributed by atoms with Gasteiger partial charge >= 0.3 is 11.9 Å². The molecule has 0 heterocycles. The minimum Gasteiger partial charge on any atom is -0.478 e. The molecule has 8 nitrogen and oxygen atoms in total. The molecule has 0 saturated carbocycles. The number of rotatable bonds is 8. The van der Waals surface area contributed by atoms with E-state index < -0.39 is 11.9 Å². The fourth-order valence-electron chi connectivity index (χ4n) is 0.927. The third-order valence-corrected chi connectivity index (χ3v) is 1.62. The first kappa shape index (κ1) is 15.4. The van der Waals surface area contributed by atoms with Gasteiger partial charge in [0.05, 0.1) is 13.1 Å². The van der Waals surface area contributed by atoms with Crippen molar-refractivity contribution in [3.8, 4) is 0 Å². The maximum absolute atomic E-state index is 11.4. The van der Waals surface area contributed by atoms with Crippen LogP contribution in [0, 0.1) is 0 Å². The number of ether oxygens (including phenoxy) is 1. The smallest absolute Gasteiger partial charge is 0.334 e. The van der Waals surface area contributed by atoms with Crippen molar-refractivity contribution in [3.63, 3.8) is 0 Å². The molecule has 0 saturated heterocycles. The van der Waals surface area contributed by atoms with Crippen molar-refractivity contribution in [1.29, 1.82) is 0 Å². The molecule has 18 heavy (non-hydrogen) atoms. The van der Waals surface area contributed by atoms with E-state index in [1.807, 2.05) is 0 Å². The first-order valence-electron chi connectivity index (χ1n) is 4.79. The van der Waals surface area contributed by atoms with E-state index in [9.17, 15) is 19.2 Å². The van der Waals surface area contributed by atoms with Gasteiger partial charge in [0, 0.05) is 18.1 Å². The van der Waals surface area contributed by atoms with Crippen LogP contribution in [0.15, 0.2) is 21.6 Å². The number of carboxylic acid groups (broad SMARTS) is 1. The van der Waals surface area contributed by atoms with Crippen molar-refractivity contribution >= 4 is 24.1 Å². The van der Waals surface area contributed by atoms with Crippen LogP contribution in [0.5, 0.6) is 0 Å². The fourth-order valence-corrected chi connectivity index (χ4v) is 0.927. The first-order chi connectivity index (χ1) is 8.61. The van der Waals surface area contributed by atoms with Crippen molar-refractivity contribution in [2.75, 3.05) is 19.7 Å². The van der Waals surface area contributed by atoms with Crippen molar-refractivity contribution in [2.24, 2.45) is 9.98 Å². The average Bonchev–Trinajstić information content (AvgIpc) is 2.33. The molecule has 0 bridgehead atoms. The minimum absolute atomic E-state index is 0.0535. The highest BCUT2D eigenvalue weighted by atomic mass is 16.5. The molecule has 0 aliphatic rings. The van der Waals surface area contributed by atoms with Gasteiger partial charge in [0.1, 0.15) is 6.61 Å². The largest absolute Gasteiger partial charge is 0.478 e. The molecular weight excluding hydrogens is 244 g/mol. The van der Waals surface area contributed by atoms with Gasteiger partial charge in [0.15, 0.2) is 0 Å². The summed E-state index contributed by atoms with van der Waals surface area (Å²) in [6.07, 6.45) is 3.14. The molecule has 0 amide bonds. The van der Waals surface area contributed by atoms with Crippen LogP contribution in [0.2, 0.25) is 0 Å². The Hall–Kier alpha value is -2.56. The Morgan fingerprint density at radius 3 is 2.33 bits per heavy atom. The van der Waals surface area contributed by atoms with Crippen LogP contribution < -0.4 is 0 Å². The first-order valence-corrected chi connectivity index (χ1v) is 4.79. The molecule has 0 spiro atoms. The summed E-state index contributed by atoms with van der Waals surface area (Å²) in [4.78, 5) is 47.8. The van der Waals surface area contributed by atoms with E-state index in [4.69, 9.17) is 5.11 Å². The number of carbonyl (C=O) groups excluding carboxylic acids is 3. The summed E-state index contributed by atoms with van der Waals surface area (Å²) in [5.41, 5.74) is -0.142. The molecule has 96 valence electrons. The highest BCUT2D eigenvalue weighted by Gasteiger charge is 2.12. The third kappa shape index (κ3) is 7.70. The number of carbonyl (C=O) groups is 2. The number of hydrogen-bond acceptors (Lipinski definition) is 7. The molecule has 0 aliphatic carbocycles. The van der Waals surface area contributed by atoms with Crippen molar-refractivity contribution in [3.05, 3.63) is 11.6 Å². The van der Waals surface area contributed by atoms with Crippen LogP contribution in [-0.4, -0.2) is 48.9 Å². The molecule has 0 fully saturated rings. The molecule has 0 radical (unpaired) electrons. The van der Waals surface area contributed by atoms with Crippen LogP contribution >= 0.6 is 0 Å². The van der Waals surface area contributed by atoms with E-state index in [0.29, 0.717) is 6.08 Å². The number of isocyanates is 2. The molecule has 0 aromatic rings. The van der Waals surface area contributed by atoms with Gasteiger partial charge in [-0.15, -0.1) is 0 Å². The summed E-state index contributed by atoms with van der Waals surface area (Å²) in [5.74, 6) is -2.18. The summed E-state index contributed by atoms with van der Waals surface area (Å²) >= 11 is 0. The maximum atomic E-state index is 11.4. The summed E-state index contributed by atoms with van der Waals surface area (Å²) < 4.78 is 4.65. The van der Waals surface area contributed by atoms with E-state index in [1.54, 1.807) is 0 Å². The molecule has 0 aromatic heterocycles. The van der Waals surface area contributed by atoms with E-state index in [-0.39, 0.29) is 31.7 Å². The standard InChI is InChI=1S/C10H10N2O6/c13-6-11-2-1-8(5-9(15)16)10(17)18-4-3-12-7-14/h5H,1-4H2,(H,15,16)/b8-5+. The molecule has 1 N–H and O–H groups in total. The van der Waals surface area contributed by atoms with E-state index in [0.717, 1.165) is 0 Å². The third-order valence-electron chi connectivity index (χ3n) is 1.62. The zero-order chi connectivity index (χ0) is 13.8. The Morgan fingerprint density at radius 2 is 1.78 bits per heavy atom. The number of esters is 1. The maximum Gasteiger partial charge on any atom is 0.334 e. The Balaban J connectivity index is 4.45. The second-order valence-electron chi connectivity index (χ2n) is 2.84. The Morgan fingerprint density at radius 1 is 1.17 bits per heavy atom. The summed E-state index contributed by atoms with van der Waals surface area (Å²) in [7, 11) is 0. The van der Waals surface area contributed by atoms with Crippen LogP contribution in [0.1, 0.15) is 6.42 Å². The number of aliphatic carboxylic acids is 1. The average molecular weight is 254 g/mol. The molecule has 0 unspecified atom stereocenters. The predicted octanol–water partition coefficient (Wildman–Crippen LogP) is -0.398. The number of nitrogens with zero attached hydrogens (tertiary/aromatic N) is 2. The summed E-state index contributed by atoms with van der Waals surface area (Å²) in [6.45, 7) is -0.283. The van der Waals surface area contributed by atoms with Gasteiger partial charge in [-0.25, -0.2) is 29.2 Å². The Bertz CT molecular complexity index is 430. The second kappa shape index (κ2) is 9.65. The quantitative estimate of drug-likeness (QED) is 0.207. The number of aliphatic imine (C=N–C) groups is 2. The number of hydrogen-bond donors (Lipinski definition) is 1. The molecule has 8 heteroatoms. The zero-order valence-corrected chi connectivity index (χ0v) is 9.29. The van der Waals surface area contributed by atoms with Gasteiger partial charge in [-0.05, 0) is 0 Å². The SMILES string of the molecule is O=C=NCCOC(=O)/C(=C/C(=O)O)CCN=C=O. The number of carboxylic acids is 1. The monoisotopic (exact) mass is 254 g/mol. The minimum atomic E-state index is -1.32. The molecular formula is C10H10N2O6. The van der Waals surface area contributed by atoms with Crippen molar-refractivity contribution < 1.29 is 29.0 Å². The Labute approximate surface area is 102 Å². The highest BCUT2D eigenvalue weighted by Crippen LogP contribution is 2.04. The van der Waals surface area contributed by atoms with E-state index in [2.05, 4.69) is 14.7 Å². The van der Waals surface area contributed by atoms with Gasteiger partial charge in [0.25, 0.3) is 0 Å². The van der Waals surface area contributed by atoms with Gasteiger partial charge in [-0.2, -0.15) is 0 Å².